The maximum absolute atomic E-state index is 9.37. The Kier molecular flexibility index (Phi) is 24.5. The molecule has 0 atom stereocenters. The van der Waals surface area contributed by atoms with Gasteiger partial charge in [-0.05, 0) is 0 Å². The second-order valence-electron chi connectivity index (χ2n) is 1.92. The Bertz CT molecular complexity index is 214. The van der Waals surface area contributed by atoms with E-state index in [1.807, 2.05) is 0 Å². The van der Waals surface area contributed by atoms with Crippen LogP contribution in [-0.2, 0) is 14.4 Å². The van der Waals surface area contributed by atoms with Gasteiger partial charge in [-0.2, -0.15) is 0 Å². The van der Waals surface area contributed by atoms with Crippen molar-refractivity contribution in [3.8, 4) is 0 Å². The molecule has 0 heterocycles. The van der Waals surface area contributed by atoms with E-state index in [-0.39, 0.29) is 31.0 Å². The van der Waals surface area contributed by atoms with Crippen molar-refractivity contribution >= 4 is 17.9 Å². The molecule has 3 N–H and O–H groups in total. The smallest absolute Gasteiger partial charge is 1.00 e. The molecule has 10 heteroatoms. The molecule has 0 aromatic rings. The first kappa shape index (κ1) is 24.2. The monoisotopic (exact) mass is 249 g/mol. The molecule has 0 fully saturated rings. The Hall–Kier alpha value is -1.19. The van der Waals surface area contributed by atoms with E-state index in [0.717, 1.165) is 13.8 Å². The minimum Gasteiger partial charge on any atom is -1.00 e. The largest absolute Gasteiger partial charge is 1.00 e. The van der Waals surface area contributed by atoms with Crippen LogP contribution in [0.2, 0.25) is 0 Å². The fourth-order valence-electron chi connectivity index (χ4n) is 0.110. The van der Waals surface area contributed by atoms with Crippen molar-refractivity contribution in [1.82, 2.24) is 0 Å². The zero-order chi connectivity index (χ0) is 13.0. The summed E-state index contributed by atoms with van der Waals surface area (Å²) in [6, 6.07) is 0. The van der Waals surface area contributed by atoms with E-state index in [0.29, 0.717) is 0 Å². The van der Waals surface area contributed by atoms with Gasteiger partial charge in [0.15, 0.2) is 0 Å². The first-order valence-electron chi connectivity index (χ1n) is 3.32. The molecule has 0 aromatic heterocycles. The SMILES string of the molecule is CC(=O)O.CC(=O)O.O=C(O)C[N+](=O)[O-].[H-].[Na+]. The Morgan fingerprint density at radius 3 is 1.31 bits per heavy atom. The predicted molar refractivity (Wildman–Crippen MR) is 47.2 cm³/mol. The van der Waals surface area contributed by atoms with Crippen LogP contribution in [0, 0.1) is 10.1 Å². The third-order valence-electron chi connectivity index (χ3n) is 0.264. The minimum absolute atomic E-state index is 0. The van der Waals surface area contributed by atoms with Gasteiger partial charge in [0.05, 0.1) is 0 Å². The van der Waals surface area contributed by atoms with E-state index >= 15 is 0 Å². The molecule has 0 saturated carbocycles. The van der Waals surface area contributed by atoms with Gasteiger partial charge < -0.3 is 16.7 Å². The van der Waals surface area contributed by atoms with Gasteiger partial charge in [0, 0.05) is 18.8 Å². The third kappa shape index (κ3) is 226. The molecule has 0 aliphatic carbocycles. The molecule has 16 heavy (non-hydrogen) atoms. The second-order valence-corrected chi connectivity index (χ2v) is 1.92. The van der Waals surface area contributed by atoms with Gasteiger partial charge in [0.1, 0.15) is 0 Å². The molecule has 0 aliphatic rings. The number of aliphatic carboxylic acids is 3. The number of carboxylic acid groups (broad SMARTS) is 3. The number of nitrogens with zero attached hydrogens (tertiary/aromatic N) is 1. The summed E-state index contributed by atoms with van der Waals surface area (Å²) in [7, 11) is 0. The number of rotatable bonds is 2. The van der Waals surface area contributed by atoms with E-state index in [2.05, 4.69) is 0 Å². The van der Waals surface area contributed by atoms with Crippen molar-refractivity contribution in [3.63, 3.8) is 0 Å². The molecule has 90 valence electrons. The van der Waals surface area contributed by atoms with Crippen LogP contribution in [0.3, 0.4) is 0 Å². The summed E-state index contributed by atoms with van der Waals surface area (Å²) in [5.74, 6) is -3.08. The van der Waals surface area contributed by atoms with E-state index in [1.54, 1.807) is 0 Å². The third-order valence-corrected chi connectivity index (χ3v) is 0.264. The molecule has 0 spiro atoms. The summed E-state index contributed by atoms with van der Waals surface area (Å²) in [6.45, 7) is 1.17. The van der Waals surface area contributed by atoms with Crippen LogP contribution >= 0.6 is 0 Å². The average molecular weight is 249 g/mol. The van der Waals surface area contributed by atoms with Crippen LogP contribution in [0.4, 0.5) is 0 Å². The maximum Gasteiger partial charge on any atom is 1.00 e. The van der Waals surface area contributed by atoms with Gasteiger partial charge in [-0.3, -0.25) is 19.7 Å². The molecular weight excluding hydrogens is 237 g/mol. The molecule has 0 aliphatic heterocycles. The van der Waals surface area contributed by atoms with Gasteiger partial charge >= 0.3 is 35.5 Å². The Morgan fingerprint density at radius 2 is 1.31 bits per heavy atom. The molecule has 0 amide bonds. The number of hydrogen-bond donors (Lipinski definition) is 3. The summed E-state index contributed by atoms with van der Waals surface area (Å²) in [5, 5.41) is 31.7. The molecule has 0 radical (unpaired) electrons. The summed E-state index contributed by atoms with van der Waals surface area (Å²) in [5.41, 5.74) is 0. The summed E-state index contributed by atoms with van der Waals surface area (Å²) in [4.78, 5) is 35.7. The van der Waals surface area contributed by atoms with Crippen LogP contribution in [0.25, 0.3) is 0 Å². The van der Waals surface area contributed by atoms with Gasteiger partial charge in [0.2, 0.25) is 0 Å². The van der Waals surface area contributed by atoms with Crippen molar-refractivity contribution in [3.05, 3.63) is 10.1 Å². The first-order valence-corrected chi connectivity index (χ1v) is 3.32. The molecular formula is C6H12NNaO8. The average Bonchev–Trinajstić information content (AvgIpc) is 1.78. The number of carboxylic acids is 3. The Balaban J connectivity index is -0.0000000425. The van der Waals surface area contributed by atoms with E-state index in [1.165, 1.54) is 0 Å². The van der Waals surface area contributed by atoms with Crippen LogP contribution in [0.15, 0.2) is 0 Å². The van der Waals surface area contributed by atoms with Crippen LogP contribution in [0.1, 0.15) is 15.3 Å². The van der Waals surface area contributed by atoms with Crippen molar-refractivity contribution in [2.24, 2.45) is 0 Å². The van der Waals surface area contributed by atoms with Crippen LogP contribution < -0.4 is 29.6 Å². The zero-order valence-electron chi connectivity index (χ0n) is 10.0. The number of hydrogen-bond acceptors (Lipinski definition) is 5. The van der Waals surface area contributed by atoms with Gasteiger partial charge in [0.25, 0.3) is 18.5 Å². The van der Waals surface area contributed by atoms with E-state index in [4.69, 9.17) is 24.9 Å². The number of nitro groups is 1. The summed E-state index contributed by atoms with van der Waals surface area (Å²) >= 11 is 0. The Labute approximate surface area is 114 Å². The van der Waals surface area contributed by atoms with Crippen molar-refractivity contribution in [2.75, 3.05) is 6.54 Å². The predicted octanol–water partition coefficient (Wildman–Crippen LogP) is -3.35. The molecule has 0 aromatic carbocycles. The second kappa shape index (κ2) is 16.2. The quantitative estimate of drug-likeness (QED) is 0.260. The van der Waals surface area contributed by atoms with Crippen molar-refractivity contribution in [1.29, 1.82) is 0 Å². The van der Waals surface area contributed by atoms with Crippen molar-refractivity contribution in [2.45, 2.75) is 13.8 Å². The van der Waals surface area contributed by atoms with E-state index in [9.17, 15) is 14.9 Å². The van der Waals surface area contributed by atoms with Crippen LogP contribution in [-0.4, -0.2) is 44.7 Å². The van der Waals surface area contributed by atoms with Gasteiger partial charge in [-0.1, -0.05) is 0 Å². The van der Waals surface area contributed by atoms with Gasteiger partial charge in [-0.25, -0.2) is 4.79 Å². The maximum atomic E-state index is 9.37. The summed E-state index contributed by atoms with van der Waals surface area (Å²) < 4.78 is 0. The molecule has 0 saturated heterocycles. The van der Waals surface area contributed by atoms with Crippen molar-refractivity contribution < 1.29 is 65.6 Å². The summed E-state index contributed by atoms with van der Waals surface area (Å²) in [6.07, 6.45) is 0. The first-order chi connectivity index (χ1) is 6.59. The van der Waals surface area contributed by atoms with Gasteiger partial charge in [-0.15, -0.1) is 0 Å². The normalized spacial score (nSPS) is 6.62. The zero-order valence-corrected chi connectivity index (χ0v) is 11.0. The molecule has 0 bridgehead atoms. The molecule has 9 nitrogen and oxygen atoms in total. The molecule has 0 rings (SSSR count). The van der Waals surface area contributed by atoms with E-state index < -0.39 is 29.4 Å². The standard InChI is InChI=1S/C2H3NO4.2C2H4O2.Na.H/c4-2(5)1-3(6)7;2*1-2(3)4;;/h1H2,(H,4,5);2*1H3,(H,3,4);;/q;;;+1;-1. The fraction of sp³-hybridized carbons (Fsp3) is 0.500. The Morgan fingerprint density at radius 1 is 1.12 bits per heavy atom. The topological polar surface area (TPSA) is 155 Å². The minimum atomic E-state index is -1.41. The van der Waals surface area contributed by atoms with Crippen LogP contribution in [0.5, 0.6) is 0 Å². The number of carbonyl (C=O) groups is 3. The molecule has 0 unspecified atom stereocenters. The fourth-order valence-corrected chi connectivity index (χ4v) is 0.110.